The van der Waals surface area contributed by atoms with E-state index in [4.69, 9.17) is 0 Å². The minimum Gasteiger partial charge on any atom is -0.258 e. The zero-order chi connectivity index (χ0) is 15.8. The Bertz CT molecular complexity index is 660. The largest absolute Gasteiger partial charge is 0.289 e. The Balaban J connectivity index is 2.41. The van der Waals surface area contributed by atoms with Crippen molar-refractivity contribution >= 4 is 31.6 Å². The van der Waals surface area contributed by atoms with Crippen LogP contribution in [0.1, 0.15) is 20.3 Å². The highest BCUT2D eigenvalue weighted by Crippen LogP contribution is 2.33. The molecule has 1 aliphatic heterocycles. The molecule has 116 valence electrons. The minimum absolute atomic E-state index is 0.244. The fraction of sp³-hybridized carbons (Fsp3) is 0.538. The van der Waals surface area contributed by atoms with Crippen LogP contribution in [-0.4, -0.2) is 30.7 Å². The van der Waals surface area contributed by atoms with E-state index in [0.717, 1.165) is 6.42 Å². The summed E-state index contributed by atoms with van der Waals surface area (Å²) >= 11 is 3.18. The summed E-state index contributed by atoms with van der Waals surface area (Å²) in [4.78, 5) is 10.2. The van der Waals surface area contributed by atoms with E-state index >= 15 is 0 Å². The van der Waals surface area contributed by atoms with E-state index in [2.05, 4.69) is 29.8 Å². The van der Waals surface area contributed by atoms with Gasteiger partial charge in [-0.1, -0.05) is 29.8 Å². The average molecular weight is 377 g/mol. The Morgan fingerprint density at radius 1 is 1.43 bits per heavy atom. The molecular weight excluding hydrogens is 360 g/mol. The van der Waals surface area contributed by atoms with E-state index in [9.17, 15) is 18.5 Å². The van der Waals surface area contributed by atoms with Gasteiger partial charge in [0.15, 0.2) is 4.90 Å². The van der Waals surface area contributed by atoms with Crippen LogP contribution in [0.25, 0.3) is 0 Å². The van der Waals surface area contributed by atoms with Crippen molar-refractivity contribution in [2.75, 3.05) is 13.1 Å². The lowest BCUT2D eigenvalue weighted by Gasteiger charge is -2.18. The van der Waals surface area contributed by atoms with E-state index < -0.39 is 14.9 Å². The van der Waals surface area contributed by atoms with Crippen molar-refractivity contribution in [1.29, 1.82) is 0 Å². The van der Waals surface area contributed by atoms with Gasteiger partial charge in [-0.15, -0.1) is 0 Å². The number of hydrogen-bond acceptors (Lipinski definition) is 4. The van der Waals surface area contributed by atoms with Gasteiger partial charge in [-0.3, -0.25) is 10.1 Å². The first-order valence-electron chi connectivity index (χ1n) is 6.67. The summed E-state index contributed by atoms with van der Waals surface area (Å²) in [5.41, 5.74) is -0.383. The molecule has 1 aromatic carbocycles. The van der Waals surface area contributed by atoms with Crippen molar-refractivity contribution < 1.29 is 13.3 Å². The first kappa shape index (κ1) is 16.4. The number of nitro groups is 1. The van der Waals surface area contributed by atoms with Crippen LogP contribution in [0.3, 0.4) is 0 Å². The maximum Gasteiger partial charge on any atom is 0.289 e. The van der Waals surface area contributed by atoms with Crippen LogP contribution in [0.5, 0.6) is 0 Å². The quantitative estimate of drug-likeness (QED) is 0.597. The summed E-state index contributed by atoms with van der Waals surface area (Å²) in [6.07, 6.45) is 0.790. The van der Waals surface area contributed by atoms with Gasteiger partial charge in [0.25, 0.3) is 5.69 Å². The van der Waals surface area contributed by atoms with E-state index in [1.165, 1.54) is 22.5 Å². The predicted molar refractivity (Wildman–Crippen MR) is 82.5 cm³/mol. The van der Waals surface area contributed by atoms with Crippen molar-refractivity contribution in [2.24, 2.45) is 11.8 Å². The molecule has 8 heteroatoms. The summed E-state index contributed by atoms with van der Waals surface area (Å²) in [6, 6.07) is 3.99. The lowest BCUT2D eigenvalue weighted by Crippen LogP contribution is -2.30. The number of sulfonamides is 1. The number of nitrogens with zero attached hydrogens (tertiary/aromatic N) is 2. The van der Waals surface area contributed by atoms with Crippen LogP contribution < -0.4 is 0 Å². The lowest BCUT2D eigenvalue weighted by atomic mass is 9.96. The second kappa shape index (κ2) is 6.02. The highest BCUT2D eigenvalue weighted by atomic mass is 79.9. The molecular formula is C13H17BrN2O4S. The van der Waals surface area contributed by atoms with E-state index in [1.807, 2.05) is 0 Å². The standard InChI is InChI=1S/C13H17BrN2O4S/c1-9(2)10-5-6-15(8-10)21(19,20)13-7-11(14)3-4-12(13)16(17)18/h3-4,7,9-10H,5-6,8H2,1-2H3. The monoisotopic (exact) mass is 376 g/mol. The molecule has 0 aromatic heterocycles. The van der Waals surface area contributed by atoms with Crippen LogP contribution >= 0.6 is 15.9 Å². The number of hydrogen-bond donors (Lipinski definition) is 0. The van der Waals surface area contributed by atoms with Gasteiger partial charge in [-0.25, -0.2) is 8.42 Å². The van der Waals surface area contributed by atoms with Gasteiger partial charge in [0, 0.05) is 23.6 Å². The lowest BCUT2D eigenvalue weighted by molar-refractivity contribution is -0.387. The first-order valence-corrected chi connectivity index (χ1v) is 8.91. The van der Waals surface area contributed by atoms with Crippen LogP contribution in [-0.2, 0) is 10.0 Å². The van der Waals surface area contributed by atoms with Gasteiger partial charge in [0.2, 0.25) is 10.0 Å². The molecule has 0 spiro atoms. The zero-order valence-electron chi connectivity index (χ0n) is 11.8. The summed E-state index contributed by atoms with van der Waals surface area (Å²) in [5.74, 6) is 0.689. The molecule has 0 radical (unpaired) electrons. The molecule has 2 rings (SSSR count). The third-order valence-electron chi connectivity index (χ3n) is 3.87. The summed E-state index contributed by atoms with van der Waals surface area (Å²) in [5, 5.41) is 11.1. The molecule has 1 saturated heterocycles. The number of halogens is 1. The minimum atomic E-state index is -3.84. The normalized spacial score (nSPS) is 20.1. The SMILES string of the molecule is CC(C)C1CCN(S(=O)(=O)c2cc(Br)ccc2[N+](=O)[O-])C1. The molecule has 1 unspecified atom stereocenters. The van der Waals surface area contributed by atoms with Gasteiger partial charge in [-0.2, -0.15) is 4.31 Å². The number of nitro benzene ring substituents is 1. The van der Waals surface area contributed by atoms with Crippen molar-refractivity contribution in [3.05, 3.63) is 32.8 Å². The Morgan fingerprint density at radius 3 is 2.62 bits per heavy atom. The maximum absolute atomic E-state index is 12.7. The molecule has 0 N–H and O–H groups in total. The zero-order valence-corrected chi connectivity index (χ0v) is 14.2. The van der Waals surface area contributed by atoms with Gasteiger partial charge in [-0.05, 0) is 30.4 Å². The second-order valence-electron chi connectivity index (χ2n) is 5.52. The molecule has 1 heterocycles. The second-order valence-corrected chi connectivity index (χ2v) is 8.35. The van der Waals surface area contributed by atoms with Crippen LogP contribution in [0.2, 0.25) is 0 Å². The fourth-order valence-electron chi connectivity index (χ4n) is 2.50. The molecule has 0 saturated carbocycles. The molecule has 1 fully saturated rings. The fourth-order valence-corrected chi connectivity index (χ4v) is 4.71. The van der Waals surface area contributed by atoms with Crippen molar-refractivity contribution in [3.63, 3.8) is 0 Å². The Kier molecular flexibility index (Phi) is 4.69. The molecule has 0 aliphatic carbocycles. The molecule has 1 aliphatic rings. The summed E-state index contributed by atoms with van der Waals surface area (Å²) in [6.45, 7) is 4.95. The van der Waals surface area contributed by atoms with Gasteiger partial charge in [0.1, 0.15) is 0 Å². The van der Waals surface area contributed by atoms with Crippen LogP contribution in [0.15, 0.2) is 27.6 Å². The molecule has 21 heavy (non-hydrogen) atoms. The summed E-state index contributed by atoms with van der Waals surface area (Å²) < 4.78 is 27.2. The van der Waals surface area contributed by atoms with Gasteiger partial charge in [0.05, 0.1) is 4.92 Å². The van der Waals surface area contributed by atoms with Gasteiger partial charge >= 0.3 is 0 Å². The van der Waals surface area contributed by atoms with E-state index in [-0.39, 0.29) is 10.6 Å². The topological polar surface area (TPSA) is 80.5 Å². The maximum atomic E-state index is 12.7. The highest BCUT2D eigenvalue weighted by molar-refractivity contribution is 9.10. The molecule has 1 aromatic rings. The van der Waals surface area contributed by atoms with Crippen LogP contribution in [0, 0.1) is 22.0 Å². The third kappa shape index (κ3) is 3.27. The van der Waals surface area contributed by atoms with E-state index in [1.54, 1.807) is 0 Å². The predicted octanol–water partition coefficient (Wildman–Crippen LogP) is 3.02. The summed E-state index contributed by atoms with van der Waals surface area (Å²) in [7, 11) is -3.84. The first-order chi connectivity index (χ1) is 9.73. The molecule has 0 bridgehead atoms. The number of benzene rings is 1. The Hall–Kier alpha value is -0.990. The number of rotatable bonds is 4. The molecule has 0 amide bonds. The van der Waals surface area contributed by atoms with Crippen molar-refractivity contribution in [2.45, 2.75) is 25.2 Å². The smallest absolute Gasteiger partial charge is 0.258 e. The molecule has 6 nitrogen and oxygen atoms in total. The highest BCUT2D eigenvalue weighted by Gasteiger charge is 2.37. The van der Waals surface area contributed by atoms with Gasteiger partial charge < -0.3 is 0 Å². The van der Waals surface area contributed by atoms with Crippen molar-refractivity contribution in [1.82, 2.24) is 4.31 Å². The Morgan fingerprint density at radius 2 is 2.10 bits per heavy atom. The van der Waals surface area contributed by atoms with E-state index in [0.29, 0.717) is 29.4 Å². The third-order valence-corrected chi connectivity index (χ3v) is 6.25. The Labute approximate surface area is 132 Å². The molecule has 1 atom stereocenters. The average Bonchev–Trinajstić information content (AvgIpc) is 2.88. The van der Waals surface area contributed by atoms with Crippen molar-refractivity contribution in [3.8, 4) is 0 Å². The van der Waals surface area contributed by atoms with Crippen LogP contribution in [0.4, 0.5) is 5.69 Å².